The molecule has 0 spiro atoms. The lowest BCUT2D eigenvalue weighted by molar-refractivity contribution is -0.128. The number of nitrogens with zero attached hydrogens (tertiary/aromatic N) is 3. The first-order chi connectivity index (χ1) is 9.97. The fourth-order valence-electron chi connectivity index (χ4n) is 1.93. The van der Waals surface area contributed by atoms with E-state index in [4.69, 9.17) is 4.52 Å². The molecule has 1 aromatic carbocycles. The molecule has 1 heterocycles. The van der Waals surface area contributed by atoms with E-state index in [2.05, 4.69) is 36.1 Å². The van der Waals surface area contributed by atoms with Crippen LogP contribution in [0.25, 0.3) is 11.4 Å². The summed E-state index contributed by atoms with van der Waals surface area (Å²) in [5.74, 6) is 1.61. The maximum Gasteiger partial charge on any atom is 0.227 e. The van der Waals surface area contributed by atoms with E-state index in [1.165, 1.54) is 5.56 Å². The molecule has 2 aromatic rings. The number of aromatic nitrogens is 2. The van der Waals surface area contributed by atoms with Crippen LogP contribution in [0.4, 0.5) is 0 Å². The number of benzene rings is 1. The summed E-state index contributed by atoms with van der Waals surface area (Å²) >= 11 is 0. The predicted molar refractivity (Wildman–Crippen MR) is 80.8 cm³/mol. The van der Waals surface area contributed by atoms with Gasteiger partial charge in [-0.1, -0.05) is 43.3 Å². The minimum Gasteiger partial charge on any atom is -0.349 e. The fourth-order valence-corrected chi connectivity index (χ4v) is 1.93. The summed E-state index contributed by atoms with van der Waals surface area (Å²) in [6, 6.07) is 8.14. The Morgan fingerprint density at radius 3 is 2.48 bits per heavy atom. The highest BCUT2D eigenvalue weighted by atomic mass is 16.5. The lowest BCUT2D eigenvalue weighted by Gasteiger charge is -2.07. The number of hydrogen-bond donors (Lipinski definition) is 0. The van der Waals surface area contributed by atoms with Crippen LogP contribution in [0.1, 0.15) is 37.6 Å². The van der Waals surface area contributed by atoms with Gasteiger partial charge in [0.05, 0.1) is 0 Å². The van der Waals surface area contributed by atoms with Crippen molar-refractivity contribution < 1.29 is 9.32 Å². The van der Waals surface area contributed by atoms with Crippen molar-refractivity contribution >= 4 is 5.91 Å². The van der Waals surface area contributed by atoms with Crippen molar-refractivity contribution in [3.8, 4) is 11.4 Å². The number of hydrogen-bond acceptors (Lipinski definition) is 4. The van der Waals surface area contributed by atoms with Gasteiger partial charge < -0.3 is 9.42 Å². The molecule has 112 valence electrons. The zero-order chi connectivity index (χ0) is 15.4. The zero-order valence-corrected chi connectivity index (χ0v) is 13.0. The van der Waals surface area contributed by atoms with Gasteiger partial charge in [0.25, 0.3) is 0 Å². The lowest BCUT2D eigenvalue weighted by atomic mass is 10.0. The average Bonchev–Trinajstić information content (AvgIpc) is 2.93. The van der Waals surface area contributed by atoms with Crippen molar-refractivity contribution in [2.24, 2.45) is 0 Å². The van der Waals surface area contributed by atoms with Gasteiger partial charge in [-0.2, -0.15) is 4.98 Å². The molecule has 1 amide bonds. The molecule has 0 fully saturated rings. The van der Waals surface area contributed by atoms with Gasteiger partial charge in [0.15, 0.2) is 0 Å². The molecule has 0 N–H and O–H groups in total. The maximum absolute atomic E-state index is 11.5. The van der Waals surface area contributed by atoms with Crippen LogP contribution in [0.2, 0.25) is 0 Å². The predicted octanol–water partition coefficient (Wildman–Crippen LogP) is 2.88. The van der Waals surface area contributed by atoms with Gasteiger partial charge in [-0.05, 0) is 11.5 Å². The Morgan fingerprint density at radius 2 is 1.90 bits per heavy atom. The van der Waals surface area contributed by atoms with Crippen molar-refractivity contribution in [1.29, 1.82) is 0 Å². The molecule has 0 aliphatic heterocycles. The van der Waals surface area contributed by atoms with Crippen molar-refractivity contribution in [3.63, 3.8) is 0 Å². The molecule has 2 rings (SSSR count). The van der Waals surface area contributed by atoms with Crippen LogP contribution >= 0.6 is 0 Å². The maximum atomic E-state index is 11.5. The number of aryl methyl sites for hydroxylation is 1. The molecule has 0 unspecified atom stereocenters. The number of amides is 1. The summed E-state index contributed by atoms with van der Waals surface area (Å²) in [5, 5.41) is 3.97. The van der Waals surface area contributed by atoms with E-state index >= 15 is 0 Å². The summed E-state index contributed by atoms with van der Waals surface area (Å²) in [4.78, 5) is 17.4. The topological polar surface area (TPSA) is 59.2 Å². The highest BCUT2D eigenvalue weighted by Crippen LogP contribution is 2.20. The lowest BCUT2D eigenvalue weighted by Crippen LogP contribution is -2.21. The number of carbonyl (C=O) groups is 1. The Morgan fingerprint density at radius 1 is 1.24 bits per heavy atom. The highest BCUT2D eigenvalue weighted by Gasteiger charge is 2.11. The van der Waals surface area contributed by atoms with Gasteiger partial charge >= 0.3 is 0 Å². The Hall–Kier alpha value is -2.17. The number of rotatable bonds is 5. The minimum atomic E-state index is 0.0519. The molecule has 0 bridgehead atoms. The minimum absolute atomic E-state index is 0.0519. The van der Waals surface area contributed by atoms with Crippen LogP contribution < -0.4 is 0 Å². The van der Waals surface area contributed by atoms with Crippen molar-refractivity contribution in [1.82, 2.24) is 15.0 Å². The summed E-state index contributed by atoms with van der Waals surface area (Å²) < 4.78 is 5.20. The third-order valence-corrected chi connectivity index (χ3v) is 3.36. The second kappa shape index (κ2) is 6.52. The summed E-state index contributed by atoms with van der Waals surface area (Å²) in [6.45, 7) is 4.31. The normalized spacial score (nSPS) is 10.9. The molecular weight excluding hydrogens is 266 g/mol. The standard InChI is InChI=1S/C16H21N3O2/c1-11(2)12-5-7-13(8-6-12)16-17-14(21-18-16)9-10-15(20)19(3)4/h5-8,11H,9-10H2,1-4H3. The fraction of sp³-hybridized carbons (Fsp3) is 0.438. The van der Waals surface area contributed by atoms with Gasteiger partial charge in [-0.25, -0.2) is 0 Å². The molecule has 0 radical (unpaired) electrons. The van der Waals surface area contributed by atoms with E-state index in [0.29, 0.717) is 30.5 Å². The third-order valence-electron chi connectivity index (χ3n) is 3.36. The molecule has 0 atom stereocenters. The SMILES string of the molecule is CC(C)c1ccc(-c2noc(CCC(=O)N(C)C)n2)cc1. The molecule has 0 aliphatic carbocycles. The first kappa shape index (κ1) is 15.2. The van der Waals surface area contributed by atoms with Crippen molar-refractivity contribution in [3.05, 3.63) is 35.7 Å². The smallest absolute Gasteiger partial charge is 0.227 e. The average molecular weight is 287 g/mol. The van der Waals surface area contributed by atoms with E-state index in [1.54, 1.807) is 19.0 Å². The molecule has 0 saturated carbocycles. The van der Waals surface area contributed by atoms with Crippen LogP contribution in [0, 0.1) is 0 Å². The monoisotopic (exact) mass is 287 g/mol. The highest BCUT2D eigenvalue weighted by molar-refractivity contribution is 5.75. The molecule has 5 heteroatoms. The second-order valence-electron chi connectivity index (χ2n) is 5.58. The van der Waals surface area contributed by atoms with E-state index < -0.39 is 0 Å². The molecule has 1 aromatic heterocycles. The van der Waals surface area contributed by atoms with Crippen LogP contribution in [0.15, 0.2) is 28.8 Å². The van der Waals surface area contributed by atoms with E-state index in [9.17, 15) is 4.79 Å². The quantitative estimate of drug-likeness (QED) is 0.848. The second-order valence-corrected chi connectivity index (χ2v) is 5.58. The molecule has 0 aliphatic rings. The van der Waals surface area contributed by atoms with Crippen molar-refractivity contribution in [2.75, 3.05) is 14.1 Å². The Labute approximate surface area is 125 Å². The Balaban J connectivity index is 2.04. The molecular formula is C16H21N3O2. The molecule has 21 heavy (non-hydrogen) atoms. The number of carbonyl (C=O) groups excluding carboxylic acids is 1. The third kappa shape index (κ3) is 3.90. The van der Waals surface area contributed by atoms with Gasteiger partial charge in [-0.3, -0.25) is 4.79 Å². The van der Waals surface area contributed by atoms with Gasteiger partial charge in [-0.15, -0.1) is 0 Å². The zero-order valence-electron chi connectivity index (χ0n) is 13.0. The molecule has 0 saturated heterocycles. The van der Waals surface area contributed by atoms with Gasteiger partial charge in [0, 0.05) is 32.5 Å². The summed E-state index contributed by atoms with van der Waals surface area (Å²) in [7, 11) is 3.47. The Bertz CT molecular complexity index is 600. The van der Waals surface area contributed by atoms with E-state index in [0.717, 1.165) is 5.56 Å². The van der Waals surface area contributed by atoms with Crippen molar-refractivity contribution in [2.45, 2.75) is 32.6 Å². The Kier molecular flexibility index (Phi) is 4.73. The van der Waals surface area contributed by atoms with E-state index in [1.807, 2.05) is 12.1 Å². The summed E-state index contributed by atoms with van der Waals surface area (Å²) in [6.07, 6.45) is 0.842. The van der Waals surface area contributed by atoms with E-state index in [-0.39, 0.29) is 5.91 Å². The first-order valence-corrected chi connectivity index (χ1v) is 7.10. The van der Waals surface area contributed by atoms with Crippen LogP contribution in [-0.4, -0.2) is 35.0 Å². The van der Waals surface area contributed by atoms with Crippen LogP contribution in [0.3, 0.4) is 0 Å². The van der Waals surface area contributed by atoms with Crippen LogP contribution in [-0.2, 0) is 11.2 Å². The van der Waals surface area contributed by atoms with Gasteiger partial charge in [0.2, 0.25) is 17.6 Å². The summed E-state index contributed by atoms with van der Waals surface area (Å²) in [5.41, 5.74) is 2.20. The molecule has 5 nitrogen and oxygen atoms in total. The first-order valence-electron chi connectivity index (χ1n) is 7.10. The largest absolute Gasteiger partial charge is 0.349 e. The van der Waals surface area contributed by atoms with Gasteiger partial charge in [0.1, 0.15) is 0 Å². The van der Waals surface area contributed by atoms with Crippen LogP contribution in [0.5, 0.6) is 0 Å².